The molecule has 5 nitrogen and oxygen atoms in total. The maximum absolute atomic E-state index is 11.3. The quantitative estimate of drug-likeness (QED) is 0.445. The summed E-state index contributed by atoms with van der Waals surface area (Å²) in [6, 6.07) is 17.5. The van der Waals surface area contributed by atoms with Gasteiger partial charge in [-0.15, -0.1) is 0 Å². The first kappa shape index (κ1) is 14.3. The number of hydrogen-bond acceptors (Lipinski definition) is 4. The first-order valence-corrected chi connectivity index (χ1v) is 6.96. The van der Waals surface area contributed by atoms with Gasteiger partial charge in [-0.05, 0) is 23.8 Å². The highest BCUT2D eigenvalue weighted by atomic mass is 35.5. The molecule has 3 aromatic rings. The van der Waals surface area contributed by atoms with Gasteiger partial charge in [0.15, 0.2) is 0 Å². The third kappa shape index (κ3) is 2.71. The molecule has 1 N–H and O–H groups in total. The van der Waals surface area contributed by atoms with Gasteiger partial charge in [0.2, 0.25) is 5.15 Å². The minimum Gasteiger partial charge on any atom is -0.375 e. The lowest BCUT2D eigenvalue weighted by atomic mass is 10.1. The smallest absolute Gasteiger partial charge is 0.329 e. The summed E-state index contributed by atoms with van der Waals surface area (Å²) in [4.78, 5) is 14.9. The molecule has 0 amide bonds. The Balaban J connectivity index is 2.09. The van der Waals surface area contributed by atoms with Crippen LogP contribution < -0.4 is 5.32 Å². The van der Waals surface area contributed by atoms with Crippen molar-refractivity contribution in [3.8, 4) is 0 Å². The highest BCUT2D eigenvalue weighted by Crippen LogP contribution is 2.37. The average Bonchev–Trinajstić information content (AvgIpc) is 2.52. The molecule has 0 fully saturated rings. The molecule has 1 heterocycles. The number of rotatable bonds is 4. The van der Waals surface area contributed by atoms with Crippen LogP contribution >= 0.6 is 11.6 Å². The van der Waals surface area contributed by atoms with E-state index < -0.39 is 4.92 Å². The zero-order valence-electron chi connectivity index (χ0n) is 11.4. The molecule has 22 heavy (non-hydrogen) atoms. The summed E-state index contributed by atoms with van der Waals surface area (Å²) >= 11 is 5.99. The fraction of sp³-hybridized carbons (Fsp3) is 0.0625. The van der Waals surface area contributed by atoms with Gasteiger partial charge >= 0.3 is 5.69 Å². The van der Waals surface area contributed by atoms with Crippen LogP contribution in [0.25, 0.3) is 10.9 Å². The maximum Gasteiger partial charge on any atom is 0.329 e. The molecule has 0 spiro atoms. The van der Waals surface area contributed by atoms with E-state index in [2.05, 4.69) is 16.4 Å². The summed E-state index contributed by atoms with van der Waals surface area (Å²) in [5.74, 6) is 0. The second kappa shape index (κ2) is 5.99. The Morgan fingerprint density at radius 1 is 1.27 bits per heavy atom. The van der Waals surface area contributed by atoms with E-state index in [-0.39, 0.29) is 10.8 Å². The molecular weight excluding hydrogens is 302 g/mol. The number of nitrogens with zero attached hydrogens (tertiary/aromatic N) is 2. The molecule has 0 saturated heterocycles. The maximum atomic E-state index is 11.3. The number of para-hydroxylation sites is 1. The van der Waals surface area contributed by atoms with Crippen molar-refractivity contribution in [2.45, 2.75) is 6.54 Å². The Kier molecular flexibility index (Phi) is 3.89. The van der Waals surface area contributed by atoms with Crippen LogP contribution in [-0.4, -0.2) is 9.91 Å². The minimum atomic E-state index is -0.513. The van der Waals surface area contributed by atoms with Gasteiger partial charge in [0.25, 0.3) is 0 Å². The monoisotopic (exact) mass is 312 g/mol. The van der Waals surface area contributed by atoms with E-state index in [4.69, 9.17) is 11.6 Å². The minimum absolute atomic E-state index is 0.120. The lowest BCUT2D eigenvalue weighted by molar-refractivity contribution is -0.384. The molecule has 0 atom stereocenters. The predicted molar refractivity (Wildman–Crippen MR) is 86.0 cm³/mol. The third-order valence-corrected chi connectivity index (χ3v) is 3.51. The topological polar surface area (TPSA) is 68.1 Å². The summed E-state index contributed by atoms with van der Waals surface area (Å²) in [5, 5.41) is 15.0. The molecule has 0 unspecified atom stereocenters. The molecule has 0 aliphatic rings. The normalized spacial score (nSPS) is 10.6. The van der Waals surface area contributed by atoms with Crippen molar-refractivity contribution in [2.24, 2.45) is 0 Å². The number of fused-ring (bicyclic) bond motifs is 1. The average molecular weight is 313 g/mol. The van der Waals surface area contributed by atoms with E-state index in [0.717, 1.165) is 5.56 Å². The van der Waals surface area contributed by atoms with Crippen molar-refractivity contribution < 1.29 is 4.92 Å². The first-order chi connectivity index (χ1) is 10.7. The van der Waals surface area contributed by atoms with Gasteiger partial charge in [0, 0.05) is 11.9 Å². The Bertz CT molecular complexity index is 837. The van der Waals surface area contributed by atoms with Gasteiger partial charge in [-0.3, -0.25) is 10.1 Å². The summed E-state index contributed by atoms with van der Waals surface area (Å²) in [5.41, 5.74) is 1.75. The van der Waals surface area contributed by atoms with Crippen molar-refractivity contribution >= 4 is 33.9 Å². The van der Waals surface area contributed by atoms with Crippen LogP contribution in [0.5, 0.6) is 0 Å². The largest absolute Gasteiger partial charge is 0.375 e. The molecule has 0 saturated carbocycles. The van der Waals surface area contributed by atoms with Gasteiger partial charge in [0.1, 0.15) is 5.69 Å². The summed E-state index contributed by atoms with van der Waals surface area (Å²) < 4.78 is 0. The van der Waals surface area contributed by atoms with E-state index in [9.17, 15) is 10.1 Å². The van der Waals surface area contributed by atoms with Gasteiger partial charge < -0.3 is 5.32 Å². The molecule has 2 aromatic carbocycles. The number of pyridine rings is 1. The zero-order valence-corrected chi connectivity index (χ0v) is 12.2. The predicted octanol–water partition coefficient (Wildman–Crippen LogP) is 4.21. The number of hydrogen-bond donors (Lipinski definition) is 1. The Hall–Kier alpha value is -2.66. The van der Waals surface area contributed by atoms with Crippen molar-refractivity contribution in [1.82, 2.24) is 4.98 Å². The summed E-state index contributed by atoms with van der Waals surface area (Å²) in [6.45, 7) is 0.433. The summed E-state index contributed by atoms with van der Waals surface area (Å²) in [7, 11) is 0. The number of nitro groups is 1. The van der Waals surface area contributed by atoms with Crippen molar-refractivity contribution in [3.05, 3.63) is 75.4 Å². The van der Waals surface area contributed by atoms with E-state index >= 15 is 0 Å². The van der Waals surface area contributed by atoms with Crippen LogP contribution in [0.2, 0.25) is 5.15 Å². The molecule has 1 radical (unpaired) electrons. The van der Waals surface area contributed by atoms with Gasteiger partial charge in [-0.2, -0.15) is 0 Å². The van der Waals surface area contributed by atoms with Crippen LogP contribution in [0, 0.1) is 16.2 Å². The number of aromatic nitrogens is 1. The van der Waals surface area contributed by atoms with Crippen LogP contribution in [0.15, 0.2) is 48.5 Å². The van der Waals surface area contributed by atoms with Crippen molar-refractivity contribution in [3.63, 3.8) is 0 Å². The van der Waals surface area contributed by atoms with Crippen LogP contribution in [0.1, 0.15) is 5.56 Å². The zero-order chi connectivity index (χ0) is 15.5. The van der Waals surface area contributed by atoms with E-state index in [1.807, 2.05) is 30.3 Å². The molecular formula is C16H11ClN3O2. The molecule has 3 rings (SSSR count). The molecule has 109 valence electrons. The highest BCUT2D eigenvalue weighted by molar-refractivity contribution is 6.33. The highest BCUT2D eigenvalue weighted by Gasteiger charge is 2.23. The first-order valence-electron chi connectivity index (χ1n) is 6.58. The molecule has 1 aromatic heterocycles. The van der Waals surface area contributed by atoms with Gasteiger partial charge in [-0.1, -0.05) is 48.0 Å². The second-order valence-corrected chi connectivity index (χ2v) is 5.02. The van der Waals surface area contributed by atoms with Gasteiger partial charge in [-0.25, -0.2) is 4.98 Å². The Morgan fingerprint density at radius 2 is 2.09 bits per heavy atom. The van der Waals surface area contributed by atoms with Crippen molar-refractivity contribution in [1.29, 1.82) is 0 Å². The molecule has 6 heteroatoms. The SMILES string of the molecule is O=[N+]([O-])c1c(Cl)nc2ccccc2c1NCc1c[c]ccc1. The number of halogens is 1. The van der Waals surface area contributed by atoms with E-state index in [1.54, 1.807) is 18.2 Å². The second-order valence-electron chi connectivity index (χ2n) is 4.67. The third-order valence-electron chi connectivity index (χ3n) is 3.25. The molecule has 0 aliphatic carbocycles. The lowest BCUT2D eigenvalue weighted by Gasteiger charge is -2.11. The summed E-state index contributed by atoms with van der Waals surface area (Å²) in [6.07, 6.45) is 0. The van der Waals surface area contributed by atoms with Crippen LogP contribution in [-0.2, 0) is 6.54 Å². The van der Waals surface area contributed by atoms with E-state index in [0.29, 0.717) is 23.1 Å². The standard InChI is InChI=1S/C16H11ClN3O2/c17-16-15(20(21)22)14(12-8-4-5-9-13(12)19-16)18-10-11-6-2-1-3-7-11/h1-2,4-9H,10H2,(H,18,19). The van der Waals surface area contributed by atoms with Crippen molar-refractivity contribution in [2.75, 3.05) is 5.32 Å². The number of nitrogens with one attached hydrogen (secondary N) is 1. The van der Waals surface area contributed by atoms with Crippen LogP contribution in [0.4, 0.5) is 11.4 Å². The number of anilines is 1. The Labute approximate surface area is 131 Å². The van der Waals surface area contributed by atoms with Gasteiger partial charge in [0.05, 0.1) is 10.4 Å². The molecule has 0 aliphatic heterocycles. The fourth-order valence-corrected chi connectivity index (χ4v) is 2.50. The van der Waals surface area contributed by atoms with Crippen LogP contribution in [0.3, 0.4) is 0 Å². The number of benzene rings is 2. The fourth-order valence-electron chi connectivity index (χ4n) is 2.25. The molecule has 0 bridgehead atoms. The lowest BCUT2D eigenvalue weighted by Crippen LogP contribution is -2.05. The Morgan fingerprint density at radius 3 is 2.82 bits per heavy atom. The van der Waals surface area contributed by atoms with E-state index in [1.165, 1.54) is 0 Å².